The van der Waals surface area contributed by atoms with Gasteiger partial charge in [0.05, 0.1) is 6.54 Å². The van der Waals surface area contributed by atoms with Gasteiger partial charge in [0.2, 0.25) is 6.41 Å². The van der Waals surface area contributed by atoms with Gasteiger partial charge in [-0.2, -0.15) is 0 Å². The molecule has 98 valence electrons. The Kier molecular flexibility index (Phi) is 3.74. The SMILES string of the molecule is O=CN1CCC(CNc2ccncc2)C(F)(F)C1. The van der Waals surface area contributed by atoms with Crippen molar-refractivity contribution in [2.45, 2.75) is 12.3 Å². The minimum absolute atomic E-state index is 0.198. The van der Waals surface area contributed by atoms with Gasteiger partial charge in [-0.3, -0.25) is 9.78 Å². The van der Waals surface area contributed by atoms with Crippen molar-refractivity contribution in [2.24, 2.45) is 5.92 Å². The number of alkyl halides is 2. The zero-order valence-corrected chi connectivity index (χ0v) is 9.85. The Balaban J connectivity index is 1.91. The molecule has 2 heterocycles. The average molecular weight is 255 g/mol. The number of rotatable bonds is 4. The average Bonchev–Trinajstić information content (AvgIpc) is 2.37. The Bertz CT molecular complexity index is 400. The van der Waals surface area contributed by atoms with E-state index in [9.17, 15) is 13.6 Å². The van der Waals surface area contributed by atoms with E-state index in [-0.39, 0.29) is 6.54 Å². The molecule has 18 heavy (non-hydrogen) atoms. The molecule has 6 heteroatoms. The van der Waals surface area contributed by atoms with E-state index in [1.54, 1.807) is 24.5 Å². The van der Waals surface area contributed by atoms with Crippen LogP contribution in [-0.2, 0) is 4.79 Å². The van der Waals surface area contributed by atoms with Crippen LogP contribution < -0.4 is 5.32 Å². The van der Waals surface area contributed by atoms with Crippen molar-refractivity contribution in [3.63, 3.8) is 0 Å². The topological polar surface area (TPSA) is 45.2 Å². The van der Waals surface area contributed by atoms with Crippen molar-refractivity contribution in [1.29, 1.82) is 0 Å². The molecule has 0 aromatic carbocycles. The fourth-order valence-corrected chi connectivity index (χ4v) is 2.06. The molecule has 0 radical (unpaired) electrons. The zero-order valence-electron chi connectivity index (χ0n) is 9.85. The van der Waals surface area contributed by atoms with E-state index < -0.39 is 18.4 Å². The number of piperidine rings is 1. The predicted octanol–water partition coefficient (Wildman–Crippen LogP) is 1.61. The Labute approximate surface area is 104 Å². The van der Waals surface area contributed by atoms with Crippen molar-refractivity contribution in [2.75, 3.05) is 25.0 Å². The first kappa shape index (κ1) is 12.7. The van der Waals surface area contributed by atoms with Crippen molar-refractivity contribution in [1.82, 2.24) is 9.88 Å². The molecule has 1 aromatic rings. The minimum atomic E-state index is -2.83. The molecule has 1 N–H and O–H groups in total. The van der Waals surface area contributed by atoms with Crippen molar-refractivity contribution in [3.8, 4) is 0 Å². The second-order valence-corrected chi connectivity index (χ2v) is 4.44. The van der Waals surface area contributed by atoms with Crippen LogP contribution >= 0.6 is 0 Å². The van der Waals surface area contributed by atoms with E-state index in [0.717, 1.165) is 10.6 Å². The van der Waals surface area contributed by atoms with E-state index in [4.69, 9.17) is 0 Å². The fourth-order valence-electron chi connectivity index (χ4n) is 2.06. The molecule has 1 aromatic heterocycles. The number of pyridine rings is 1. The van der Waals surface area contributed by atoms with Crippen LogP contribution in [0.2, 0.25) is 0 Å². The third kappa shape index (κ3) is 2.94. The number of carbonyl (C=O) groups excluding carboxylic acids is 1. The van der Waals surface area contributed by atoms with Gasteiger partial charge < -0.3 is 10.2 Å². The van der Waals surface area contributed by atoms with E-state index in [0.29, 0.717) is 19.4 Å². The third-order valence-corrected chi connectivity index (χ3v) is 3.16. The third-order valence-electron chi connectivity index (χ3n) is 3.16. The highest BCUT2D eigenvalue weighted by Crippen LogP contribution is 2.32. The molecule has 0 spiro atoms. The van der Waals surface area contributed by atoms with Gasteiger partial charge in [-0.1, -0.05) is 0 Å². The summed E-state index contributed by atoms with van der Waals surface area (Å²) in [4.78, 5) is 15.5. The largest absolute Gasteiger partial charge is 0.384 e. The molecule has 1 amide bonds. The molecule has 0 aliphatic carbocycles. The van der Waals surface area contributed by atoms with Gasteiger partial charge in [0.15, 0.2) is 0 Å². The van der Waals surface area contributed by atoms with Gasteiger partial charge in [-0.25, -0.2) is 8.78 Å². The second-order valence-electron chi connectivity index (χ2n) is 4.44. The highest BCUT2D eigenvalue weighted by molar-refractivity contribution is 5.47. The highest BCUT2D eigenvalue weighted by Gasteiger charge is 2.43. The molecule has 1 aliphatic heterocycles. The van der Waals surface area contributed by atoms with Crippen LogP contribution in [0.4, 0.5) is 14.5 Å². The standard InChI is InChI=1S/C12H15F2N3O/c13-12(14)8-17(9-18)6-3-10(12)7-16-11-1-4-15-5-2-11/h1-2,4-5,9-10H,3,6-8H2,(H,15,16). The molecule has 4 nitrogen and oxygen atoms in total. The zero-order chi connectivity index (χ0) is 13.0. The summed E-state index contributed by atoms with van der Waals surface area (Å²) < 4.78 is 27.5. The lowest BCUT2D eigenvalue weighted by molar-refractivity contribution is -0.137. The molecule has 1 fully saturated rings. The quantitative estimate of drug-likeness (QED) is 0.831. The minimum Gasteiger partial charge on any atom is -0.384 e. The second kappa shape index (κ2) is 5.29. The lowest BCUT2D eigenvalue weighted by Gasteiger charge is -2.36. The molecule has 1 saturated heterocycles. The number of hydrogen-bond donors (Lipinski definition) is 1. The number of carbonyl (C=O) groups is 1. The van der Waals surface area contributed by atoms with Crippen LogP contribution in [0.15, 0.2) is 24.5 Å². The Hall–Kier alpha value is -1.72. The van der Waals surface area contributed by atoms with E-state index in [1.165, 1.54) is 0 Å². The molecule has 2 rings (SSSR count). The first-order valence-corrected chi connectivity index (χ1v) is 5.83. The van der Waals surface area contributed by atoms with E-state index >= 15 is 0 Å². The number of halogens is 2. The van der Waals surface area contributed by atoms with Crippen molar-refractivity contribution in [3.05, 3.63) is 24.5 Å². The molecule has 1 unspecified atom stereocenters. The number of nitrogens with zero attached hydrogens (tertiary/aromatic N) is 2. The van der Waals surface area contributed by atoms with Crippen LogP contribution in [-0.4, -0.2) is 41.9 Å². The van der Waals surface area contributed by atoms with E-state index in [2.05, 4.69) is 10.3 Å². The van der Waals surface area contributed by atoms with Crippen LogP contribution in [0.1, 0.15) is 6.42 Å². The number of anilines is 1. The number of likely N-dealkylation sites (tertiary alicyclic amines) is 1. The van der Waals surface area contributed by atoms with E-state index in [1.807, 2.05) is 0 Å². The smallest absolute Gasteiger partial charge is 0.269 e. The lowest BCUT2D eigenvalue weighted by Crippen LogP contribution is -2.50. The summed E-state index contributed by atoms with van der Waals surface area (Å²) in [5.74, 6) is -3.58. The van der Waals surface area contributed by atoms with Crippen LogP contribution in [0.25, 0.3) is 0 Å². The Morgan fingerprint density at radius 1 is 1.50 bits per heavy atom. The van der Waals surface area contributed by atoms with Crippen LogP contribution in [0.3, 0.4) is 0 Å². The summed E-state index contributed by atoms with van der Waals surface area (Å²) in [7, 11) is 0. The number of nitrogens with one attached hydrogen (secondary N) is 1. The van der Waals surface area contributed by atoms with Gasteiger partial charge in [0, 0.05) is 37.1 Å². The summed E-state index contributed by atoms with van der Waals surface area (Å²) in [5.41, 5.74) is 0.776. The first-order chi connectivity index (χ1) is 8.62. The summed E-state index contributed by atoms with van der Waals surface area (Å²) in [6.07, 6.45) is 4.01. The maximum atomic E-state index is 13.8. The van der Waals surface area contributed by atoms with Crippen LogP contribution in [0, 0.1) is 5.92 Å². The maximum Gasteiger partial charge on any atom is 0.269 e. The first-order valence-electron chi connectivity index (χ1n) is 5.83. The van der Waals surface area contributed by atoms with Gasteiger partial charge in [0.1, 0.15) is 0 Å². The molecule has 0 saturated carbocycles. The van der Waals surface area contributed by atoms with Gasteiger partial charge >= 0.3 is 0 Å². The lowest BCUT2D eigenvalue weighted by atomic mass is 9.93. The van der Waals surface area contributed by atoms with Gasteiger partial charge in [0.25, 0.3) is 5.92 Å². The van der Waals surface area contributed by atoms with Crippen LogP contribution in [0.5, 0.6) is 0 Å². The number of amides is 1. The fraction of sp³-hybridized carbons (Fsp3) is 0.500. The van der Waals surface area contributed by atoms with Crippen molar-refractivity contribution >= 4 is 12.1 Å². The molecule has 1 atom stereocenters. The molecule has 1 aliphatic rings. The predicted molar refractivity (Wildman–Crippen MR) is 63.4 cm³/mol. The number of hydrogen-bond acceptors (Lipinski definition) is 3. The van der Waals surface area contributed by atoms with Crippen molar-refractivity contribution < 1.29 is 13.6 Å². The normalized spacial score (nSPS) is 22.6. The van der Waals surface area contributed by atoms with Gasteiger partial charge in [-0.05, 0) is 18.6 Å². The monoisotopic (exact) mass is 255 g/mol. The highest BCUT2D eigenvalue weighted by atomic mass is 19.3. The molecular formula is C12H15F2N3O. The summed E-state index contributed by atoms with van der Waals surface area (Å²) in [5, 5.41) is 2.98. The summed E-state index contributed by atoms with van der Waals surface area (Å²) in [6.45, 7) is 0.102. The summed E-state index contributed by atoms with van der Waals surface area (Å²) >= 11 is 0. The van der Waals surface area contributed by atoms with Gasteiger partial charge in [-0.15, -0.1) is 0 Å². The molecular weight excluding hydrogens is 240 g/mol. The molecule has 0 bridgehead atoms. The Morgan fingerprint density at radius 3 is 2.83 bits per heavy atom. The summed E-state index contributed by atoms with van der Waals surface area (Å²) in [6, 6.07) is 3.47. The Morgan fingerprint density at radius 2 is 2.22 bits per heavy atom. The maximum absolute atomic E-state index is 13.8. The number of aromatic nitrogens is 1.